The number of halogens is 1. The SMILES string of the molecule is CC[C@H]1Cn2c(C(=O)NC3CCCCCC3)cc3c(Cl)ccc(c32)O1. The van der Waals surface area contributed by atoms with Crippen LogP contribution in [0.5, 0.6) is 5.75 Å². The Morgan fingerprint density at radius 3 is 2.76 bits per heavy atom. The van der Waals surface area contributed by atoms with E-state index >= 15 is 0 Å². The largest absolute Gasteiger partial charge is 0.486 e. The fourth-order valence-corrected chi connectivity index (χ4v) is 4.31. The smallest absolute Gasteiger partial charge is 0.268 e. The number of rotatable bonds is 3. The third kappa shape index (κ3) is 3.12. The normalized spacial score (nSPS) is 21.0. The van der Waals surface area contributed by atoms with Crippen LogP contribution in [0.15, 0.2) is 18.2 Å². The summed E-state index contributed by atoms with van der Waals surface area (Å²) in [6, 6.07) is 5.98. The molecule has 1 aromatic heterocycles. The summed E-state index contributed by atoms with van der Waals surface area (Å²) in [6.07, 6.45) is 8.13. The van der Waals surface area contributed by atoms with Gasteiger partial charge in [-0.05, 0) is 37.5 Å². The van der Waals surface area contributed by atoms with Gasteiger partial charge in [0.05, 0.1) is 17.1 Å². The molecule has 4 rings (SSSR count). The molecule has 1 N–H and O–H groups in total. The van der Waals surface area contributed by atoms with Gasteiger partial charge >= 0.3 is 0 Å². The van der Waals surface area contributed by atoms with Crippen LogP contribution < -0.4 is 10.1 Å². The van der Waals surface area contributed by atoms with E-state index in [4.69, 9.17) is 16.3 Å². The molecule has 2 aliphatic rings. The highest BCUT2D eigenvalue weighted by molar-refractivity contribution is 6.36. The molecule has 4 nitrogen and oxygen atoms in total. The number of hydrogen-bond donors (Lipinski definition) is 1. The first-order valence-corrected chi connectivity index (χ1v) is 9.84. The maximum absolute atomic E-state index is 13.0. The minimum absolute atomic E-state index is 0.0156. The van der Waals surface area contributed by atoms with Gasteiger partial charge in [-0.3, -0.25) is 4.79 Å². The van der Waals surface area contributed by atoms with Crippen molar-refractivity contribution in [1.82, 2.24) is 9.88 Å². The van der Waals surface area contributed by atoms with Crippen LogP contribution in [0.1, 0.15) is 62.4 Å². The number of aromatic nitrogens is 1. The number of carbonyl (C=O) groups excluding carboxylic acids is 1. The van der Waals surface area contributed by atoms with Crippen molar-refractivity contribution in [1.29, 1.82) is 0 Å². The first kappa shape index (κ1) is 16.8. The molecule has 25 heavy (non-hydrogen) atoms. The Labute approximate surface area is 153 Å². The summed E-state index contributed by atoms with van der Waals surface area (Å²) in [5.74, 6) is 0.841. The molecule has 1 aliphatic heterocycles. The average molecular weight is 361 g/mol. The second-order valence-electron chi connectivity index (χ2n) is 7.26. The molecule has 0 unspecified atom stereocenters. The second kappa shape index (κ2) is 6.91. The molecule has 0 spiro atoms. The summed E-state index contributed by atoms with van der Waals surface area (Å²) in [4.78, 5) is 13.0. The van der Waals surface area contributed by atoms with Gasteiger partial charge in [-0.1, -0.05) is 44.2 Å². The summed E-state index contributed by atoms with van der Waals surface area (Å²) in [6.45, 7) is 2.80. The van der Waals surface area contributed by atoms with Gasteiger partial charge in [-0.2, -0.15) is 0 Å². The van der Waals surface area contributed by atoms with E-state index < -0.39 is 0 Å². The lowest BCUT2D eigenvalue weighted by atomic mass is 10.1. The minimum atomic E-state index is 0.0156. The molecular weight excluding hydrogens is 336 g/mol. The highest BCUT2D eigenvalue weighted by Gasteiger charge is 2.27. The quantitative estimate of drug-likeness (QED) is 0.789. The second-order valence-corrected chi connectivity index (χ2v) is 7.67. The van der Waals surface area contributed by atoms with Crippen LogP contribution in [0.2, 0.25) is 5.02 Å². The Kier molecular flexibility index (Phi) is 4.63. The molecule has 134 valence electrons. The Balaban J connectivity index is 1.69. The van der Waals surface area contributed by atoms with Crippen molar-refractivity contribution in [2.45, 2.75) is 70.6 Å². The highest BCUT2D eigenvalue weighted by atomic mass is 35.5. The average Bonchev–Trinajstić information content (AvgIpc) is 2.82. The van der Waals surface area contributed by atoms with Crippen molar-refractivity contribution in [2.24, 2.45) is 0 Å². The Morgan fingerprint density at radius 2 is 2.04 bits per heavy atom. The molecule has 2 heterocycles. The molecule has 2 aromatic rings. The Morgan fingerprint density at radius 1 is 1.28 bits per heavy atom. The number of nitrogens with zero attached hydrogens (tertiary/aromatic N) is 1. The highest BCUT2D eigenvalue weighted by Crippen LogP contribution is 2.38. The van der Waals surface area contributed by atoms with Crippen molar-refractivity contribution in [3.8, 4) is 5.75 Å². The zero-order valence-corrected chi connectivity index (χ0v) is 15.4. The van der Waals surface area contributed by atoms with Crippen LogP contribution in [-0.2, 0) is 6.54 Å². The zero-order valence-electron chi connectivity index (χ0n) is 14.7. The van der Waals surface area contributed by atoms with E-state index in [1.807, 2.05) is 18.2 Å². The van der Waals surface area contributed by atoms with Crippen molar-refractivity contribution in [3.63, 3.8) is 0 Å². The van der Waals surface area contributed by atoms with Crippen LogP contribution in [0.25, 0.3) is 10.9 Å². The number of nitrogens with one attached hydrogen (secondary N) is 1. The van der Waals surface area contributed by atoms with Gasteiger partial charge in [0.2, 0.25) is 0 Å². The van der Waals surface area contributed by atoms with Gasteiger partial charge in [-0.15, -0.1) is 0 Å². The van der Waals surface area contributed by atoms with Crippen LogP contribution in [0, 0.1) is 0 Å². The molecule has 0 radical (unpaired) electrons. The van der Waals surface area contributed by atoms with Crippen LogP contribution >= 0.6 is 11.6 Å². The fourth-order valence-electron chi connectivity index (χ4n) is 4.10. The predicted octanol–water partition coefficient (Wildman–Crippen LogP) is 4.92. The van der Waals surface area contributed by atoms with Crippen LogP contribution in [-0.4, -0.2) is 22.6 Å². The van der Waals surface area contributed by atoms with Gasteiger partial charge in [0.15, 0.2) is 0 Å². The Bertz CT molecular complexity index is 791. The summed E-state index contributed by atoms with van der Waals surface area (Å²) in [7, 11) is 0. The number of amides is 1. The van der Waals surface area contributed by atoms with E-state index in [9.17, 15) is 4.79 Å². The molecule has 1 saturated carbocycles. The summed E-state index contributed by atoms with van der Waals surface area (Å²) >= 11 is 6.38. The molecule has 1 atom stereocenters. The number of hydrogen-bond acceptors (Lipinski definition) is 2. The maximum atomic E-state index is 13.0. The van der Waals surface area contributed by atoms with Gasteiger partial charge in [-0.25, -0.2) is 0 Å². The molecule has 1 amide bonds. The lowest BCUT2D eigenvalue weighted by molar-refractivity contribution is 0.0917. The lowest BCUT2D eigenvalue weighted by Crippen LogP contribution is -2.37. The van der Waals surface area contributed by atoms with Gasteiger partial charge < -0.3 is 14.6 Å². The summed E-state index contributed by atoms with van der Waals surface area (Å²) in [5, 5.41) is 4.83. The fraction of sp³-hybridized carbons (Fsp3) is 0.550. The van der Waals surface area contributed by atoms with Gasteiger partial charge in [0, 0.05) is 11.4 Å². The molecule has 1 aromatic carbocycles. The van der Waals surface area contributed by atoms with E-state index in [1.165, 1.54) is 25.7 Å². The molecular formula is C20H25ClN2O2. The summed E-state index contributed by atoms with van der Waals surface area (Å²) < 4.78 is 8.15. The first-order valence-electron chi connectivity index (χ1n) is 9.46. The third-order valence-electron chi connectivity index (χ3n) is 5.53. The Hall–Kier alpha value is -1.68. The van der Waals surface area contributed by atoms with Crippen molar-refractivity contribution >= 4 is 28.4 Å². The minimum Gasteiger partial charge on any atom is -0.486 e. The van der Waals surface area contributed by atoms with E-state index in [2.05, 4.69) is 16.8 Å². The van der Waals surface area contributed by atoms with Crippen LogP contribution in [0.4, 0.5) is 0 Å². The molecule has 0 bridgehead atoms. The van der Waals surface area contributed by atoms with E-state index in [0.29, 0.717) is 17.3 Å². The zero-order chi connectivity index (χ0) is 17.4. The summed E-state index contributed by atoms with van der Waals surface area (Å²) in [5.41, 5.74) is 1.65. The van der Waals surface area contributed by atoms with E-state index in [-0.39, 0.29) is 18.1 Å². The van der Waals surface area contributed by atoms with Crippen molar-refractivity contribution in [3.05, 3.63) is 28.9 Å². The van der Waals surface area contributed by atoms with Crippen molar-refractivity contribution in [2.75, 3.05) is 0 Å². The topological polar surface area (TPSA) is 43.3 Å². The first-order chi connectivity index (χ1) is 12.2. The molecule has 1 aliphatic carbocycles. The molecule has 5 heteroatoms. The third-order valence-corrected chi connectivity index (χ3v) is 5.86. The molecule has 0 saturated heterocycles. The number of carbonyl (C=O) groups is 1. The van der Waals surface area contributed by atoms with Crippen molar-refractivity contribution < 1.29 is 9.53 Å². The number of benzene rings is 1. The number of ether oxygens (including phenoxy) is 1. The monoisotopic (exact) mass is 360 g/mol. The maximum Gasteiger partial charge on any atom is 0.268 e. The van der Waals surface area contributed by atoms with E-state index in [1.54, 1.807) is 0 Å². The molecule has 1 fully saturated rings. The van der Waals surface area contributed by atoms with Gasteiger partial charge in [0.1, 0.15) is 17.5 Å². The van der Waals surface area contributed by atoms with Gasteiger partial charge in [0.25, 0.3) is 5.91 Å². The standard InChI is InChI=1S/C20H25ClN2O2/c1-2-14-12-23-17(20(24)22-13-7-5-3-4-6-8-13)11-15-16(21)9-10-18(25-14)19(15)23/h9-11,13-14H,2-8,12H2,1H3,(H,22,24)/t14-/m0/s1. The van der Waals surface area contributed by atoms with Crippen LogP contribution in [0.3, 0.4) is 0 Å². The lowest BCUT2D eigenvalue weighted by Gasteiger charge is -2.27. The van der Waals surface area contributed by atoms with E-state index in [0.717, 1.165) is 35.9 Å². The predicted molar refractivity (Wildman–Crippen MR) is 101 cm³/mol.